The normalized spacial score (nSPS) is 13.2. The highest BCUT2D eigenvalue weighted by atomic mass is 19.4. The first-order chi connectivity index (χ1) is 7.90. The lowest BCUT2D eigenvalue weighted by molar-refractivity contribution is -0.139. The highest BCUT2D eigenvalue weighted by molar-refractivity contribution is 5.41. The molecule has 1 rings (SSSR count). The topological polar surface area (TPSA) is 9.23 Å². The van der Waals surface area contributed by atoms with Crippen molar-refractivity contribution in [3.8, 4) is 5.75 Å². The summed E-state index contributed by atoms with van der Waals surface area (Å²) in [7, 11) is 0. The van der Waals surface area contributed by atoms with Crippen molar-refractivity contribution in [2.45, 2.75) is 25.9 Å². The maximum atomic E-state index is 12.8. The molecule has 0 fully saturated rings. The molecule has 0 heterocycles. The fourth-order valence-corrected chi connectivity index (χ4v) is 1.47. The second-order valence-electron chi connectivity index (χ2n) is 3.71. The minimum absolute atomic E-state index is 0.119. The Kier molecular flexibility index (Phi) is 4.21. The van der Waals surface area contributed by atoms with Gasteiger partial charge in [-0.15, -0.1) is 6.58 Å². The third-order valence-electron chi connectivity index (χ3n) is 2.49. The standard InChI is InChI=1S/C13H15F3O/c1-4-9(3)10-6-7-12(17-5-2)11(8-10)13(14,15)16/h4,6-9H,1,5H2,2-3H3. The molecule has 0 N–H and O–H groups in total. The maximum Gasteiger partial charge on any atom is 0.419 e. The van der Waals surface area contributed by atoms with E-state index in [0.717, 1.165) is 6.07 Å². The van der Waals surface area contributed by atoms with E-state index in [-0.39, 0.29) is 18.3 Å². The molecule has 94 valence electrons. The van der Waals surface area contributed by atoms with E-state index in [1.165, 1.54) is 6.07 Å². The second kappa shape index (κ2) is 5.25. The first kappa shape index (κ1) is 13.6. The summed E-state index contributed by atoms with van der Waals surface area (Å²) in [6.45, 7) is 7.23. The highest BCUT2D eigenvalue weighted by Crippen LogP contribution is 2.38. The van der Waals surface area contributed by atoms with Crippen LogP contribution in [0.2, 0.25) is 0 Å². The number of alkyl halides is 3. The summed E-state index contributed by atoms with van der Waals surface area (Å²) >= 11 is 0. The lowest BCUT2D eigenvalue weighted by Crippen LogP contribution is -2.09. The van der Waals surface area contributed by atoms with Crippen molar-refractivity contribution >= 4 is 0 Å². The Labute approximate surface area is 98.9 Å². The summed E-state index contributed by atoms with van der Waals surface area (Å²) in [5, 5.41) is 0. The van der Waals surface area contributed by atoms with Gasteiger partial charge in [-0.2, -0.15) is 13.2 Å². The number of hydrogen-bond acceptors (Lipinski definition) is 1. The number of halogens is 3. The Bertz CT molecular complexity index is 396. The molecule has 0 amide bonds. The molecule has 1 aromatic carbocycles. The fourth-order valence-electron chi connectivity index (χ4n) is 1.47. The molecule has 1 atom stereocenters. The first-order valence-corrected chi connectivity index (χ1v) is 5.36. The number of hydrogen-bond donors (Lipinski definition) is 0. The fraction of sp³-hybridized carbons (Fsp3) is 0.385. The van der Waals surface area contributed by atoms with Gasteiger partial charge < -0.3 is 4.74 Å². The van der Waals surface area contributed by atoms with Gasteiger partial charge in [0, 0.05) is 0 Å². The van der Waals surface area contributed by atoms with Gasteiger partial charge >= 0.3 is 6.18 Å². The molecule has 0 saturated carbocycles. The van der Waals surface area contributed by atoms with Crippen LogP contribution in [0.1, 0.15) is 30.9 Å². The summed E-state index contributed by atoms with van der Waals surface area (Å²) in [6, 6.07) is 4.12. The highest BCUT2D eigenvalue weighted by Gasteiger charge is 2.34. The predicted octanol–water partition coefficient (Wildman–Crippen LogP) is 4.39. The first-order valence-electron chi connectivity index (χ1n) is 5.36. The lowest BCUT2D eigenvalue weighted by Gasteiger charge is -2.16. The van der Waals surface area contributed by atoms with Gasteiger partial charge in [-0.05, 0) is 30.5 Å². The van der Waals surface area contributed by atoms with Gasteiger partial charge in [0.15, 0.2) is 0 Å². The average Bonchev–Trinajstić information content (AvgIpc) is 2.27. The molecule has 17 heavy (non-hydrogen) atoms. The molecule has 0 aliphatic rings. The molecular weight excluding hydrogens is 229 g/mol. The van der Waals surface area contributed by atoms with Gasteiger partial charge in [0.25, 0.3) is 0 Å². The predicted molar refractivity (Wildman–Crippen MR) is 61.2 cm³/mol. The molecule has 0 radical (unpaired) electrons. The number of rotatable bonds is 4. The molecule has 0 saturated heterocycles. The van der Waals surface area contributed by atoms with E-state index < -0.39 is 11.7 Å². The van der Waals surface area contributed by atoms with Crippen LogP contribution in [0.15, 0.2) is 30.9 Å². The van der Waals surface area contributed by atoms with Crippen molar-refractivity contribution in [1.29, 1.82) is 0 Å². The molecule has 1 nitrogen and oxygen atoms in total. The smallest absolute Gasteiger partial charge is 0.419 e. The van der Waals surface area contributed by atoms with Crippen LogP contribution < -0.4 is 4.74 Å². The van der Waals surface area contributed by atoms with E-state index in [1.54, 1.807) is 26.0 Å². The molecule has 4 heteroatoms. The largest absolute Gasteiger partial charge is 0.493 e. The Morgan fingerprint density at radius 2 is 2.06 bits per heavy atom. The number of benzene rings is 1. The Balaban J connectivity index is 3.24. The van der Waals surface area contributed by atoms with Gasteiger partial charge in [-0.25, -0.2) is 0 Å². The summed E-state index contributed by atoms with van der Waals surface area (Å²) in [6.07, 6.45) is -2.79. The van der Waals surface area contributed by atoms with Crippen LogP contribution in [-0.2, 0) is 6.18 Å². The van der Waals surface area contributed by atoms with Crippen LogP contribution in [-0.4, -0.2) is 6.61 Å². The van der Waals surface area contributed by atoms with E-state index in [1.807, 2.05) is 0 Å². The zero-order chi connectivity index (χ0) is 13.1. The van der Waals surface area contributed by atoms with Crippen LogP contribution in [0.5, 0.6) is 5.75 Å². The van der Waals surface area contributed by atoms with Crippen molar-refractivity contribution in [3.05, 3.63) is 42.0 Å². The van der Waals surface area contributed by atoms with Crippen LogP contribution >= 0.6 is 0 Å². The zero-order valence-corrected chi connectivity index (χ0v) is 9.84. The quantitative estimate of drug-likeness (QED) is 0.713. The maximum absolute atomic E-state index is 12.8. The third kappa shape index (κ3) is 3.25. The van der Waals surface area contributed by atoms with E-state index >= 15 is 0 Å². The van der Waals surface area contributed by atoms with Crippen LogP contribution in [0.3, 0.4) is 0 Å². The molecule has 0 aliphatic carbocycles. The molecule has 0 spiro atoms. The van der Waals surface area contributed by atoms with E-state index in [4.69, 9.17) is 4.74 Å². The van der Waals surface area contributed by atoms with Gasteiger partial charge in [0.05, 0.1) is 12.2 Å². The number of ether oxygens (including phenoxy) is 1. The van der Waals surface area contributed by atoms with Gasteiger partial charge in [0.1, 0.15) is 5.75 Å². The summed E-state index contributed by atoms with van der Waals surface area (Å²) < 4.78 is 43.4. The Hall–Kier alpha value is -1.45. The van der Waals surface area contributed by atoms with Crippen molar-refractivity contribution < 1.29 is 17.9 Å². The van der Waals surface area contributed by atoms with Crippen LogP contribution in [0.25, 0.3) is 0 Å². The molecule has 0 aromatic heterocycles. The minimum atomic E-state index is -4.40. The molecule has 1 aromatic rings. The summed E-state index contributed by atoms with van der Waals surface area (Å²) in [4.78, 5) is 0. The minimum Gasteiger partial charge on any atom is -0.493 e. The zero-order valence-electron chi connectivity index (χ0n) is 9.84. The van der Waals surface area contributed by atoms with Crippen molar-refractivity contribution in [2.75, 3.05) is 6.61 Å². The SMILES string of the molecule is C=CC(C)c1ccc(OCC)c(C(F)(F)F)c1. The van der Waals surface area contributed by atoms with Gasteiger partial charge in [-0.3, -0.25) is 0 Å². The van der Waals surface area contributed by atoms with Crippen LogP contribution in [0.4, 0.5) is 13.2 Å². The Morgan fingerprint density at radius 3 is 2.53 bits per heavy atom. The summed E-state index contributed by atoms with van der Waals surface area (Å²) in [5.41, 5.74) is -0.152. The van der Waals surface area contributed by atoms with E-state index in [0.29, 0.717) is 5.56 Å². The summed E-state index contributed by atoms with van der Waals surface area (Å²) in [5.74, 6) is -0.244. The molecule has 0 bridgehead atoms. The van der Waals surface area contributed by atoms with Gasteiger partial charge in [0.2, 0.25) is 0 Å². The molecule has 1 unspecified atom stereocenters. The lowest BCUT2D eigenvalue weighted by atomic mass is 9.98. The second-order valence-corrected chi connectivity index (χ2v) is 3.71. The molecule has 0 aliphatic heterocycles. The van der Waals surface area contributed by atoms with Crippen molar-refractivity contribution in [1.82, 2.24) is 0 Å². The van der Waals surface area contributed by atoms with E-state index in [9.17, 15) is 13.2 Å². The van der Waals surface area contributed by atoms with E-state index in [2.05, 4.69) is 6.58 Å². The monoisotopic (exact) mass is 244 g/mol. The van der Waals surface area contributed by atoms with Crippen molar-refractivity contribution in [2.24, 2.45) is 0 Å². The molecular formula is C13H15F3O. The third-order valence-corrected chi connectivity index (χ3v) is 2.49. The van der Waals surface area contributed by atoms with Crippen molar-refractivity contribution in [3.63, 3.8) is 0 Å². The Morgan fingerprint density at radius 1 is 1.41 bits per heavy atom. The average molecular weight is 244 g/mol. The number of allylic oxidation sites excluding steroid dienone is 1. The van der Waals surface area contributed by atoms with Gasteiger partial charge in [-0.1, -0.05) is 19.1 Å². The van der Waals surface area contributed by atoms with Crippen LogP contribution in [0, 0.1) is 0 Å².